The predicted molar refractivity (Wildman–Crippen MR) is 139 cm³/mol. The molecule has 2 N–H and O–H groups in total. The SMILES string of the molecule is C[C@@H](O)[C@H](NC(=O)CN(c1nc(Cl)nc2c1ncn2C1CCCCO1)C1CC1)C(=O)OCc1ccccc1. The molecule has 1 aliphatic carbocycles. The van der Waals surface area contributed by atoms with Gasteiger partial charge in [-0.3, -0.25) is 9.36 Å². The van der Waals surface area contributed by atoms with Crippen LogP contribution in [0, 0.1) is 0 Å². The average molecular weight is 543 g/mol. The molecule has 0 radical (unpaired) electrons. The van der Waals surface area contributed by atoms with Crippen LogP contribution in [0.15, 0.2) is 36.7 Å². The van der Waals surface area contributed by atoms with Gasteiger partial charge in [0.05, 0.1) is 19.0 Å². The summed E-state index contributed by atoms with van der Waals surface area (Å²) in [5, 5.41) is 12.9. The number of halogens is 1. The van der Waals surface area contributed by atoms with E-state index >= 15 is 0 Å². The van der Waals surface area contributed by atoms with Crippen molar-refractivity contribution in [2.45, 2.75) is 70.1 Å². The molecule has 1 saturated heterocycles. The molecule has 3 atom stereocenters. The first kappa shape index (κ1) is 26.3. The Morgan fingerprint density at radius 3 is 2.71 bits per heavy atom. The quantitative estimate of drug-likeness (QED) is 0.293. The zero-order valence-electron chi connectivity index (χ0n) is 21.1. The fourth-order valence-corrected chi connectivity index (χ4v) is 4.72. The van der Waals surface area contributed by atoms with Crippen molar-refractivity contribution in [2.75, 3.05) is 18.1 Å². The average Bonchev–Trinajstić information content (AvgIpc) is 3.68. The van der Waals surface area contributed by atoms with Crippen LogP contribution >= 0.6 is 11.6 Å². The number of aliphatic hydroxyl groups is 1. The second-order valence-electron chi connectivity index (χ2n) is 9.70. The van der Waals surface area contributed by atoms with Gasteiger partial charge in [0.2, 0.25) is 11.2 Å². The highest BCUT2D eigenvalue weighted by Crippen LogP contribution is 2.35. The van der Waals surface area contributed by atoms with Crippen LogP contribution in [-0.2, 0) is 25.7 Å². The summed E-state index contributed by atoms with van der Waals surface area (Å²) in [6.07, 6.45) is 5.00. The van der Waals surface area contributed by atoms with E-state index in [1.54, 1.807) is 6.33 Å². The van der Waals surface area contributed by atoms with E-state index in [1.807, 2.05) is 39.8 Å². The van der Waals surface area contributed by atoms with Gasteiger partial charge in [-0.05, 0) is 56.2 Å². The van der Waals surface area contributed by atoms with Crippen LogP contribution in [0.1, 0.15) is 50.8 Å². The van der Waals surface area contributed by atoms with E-state index in [1.165, 1.54) is 6.92 Å². The minimum atomic E-state index is -1.22. The molecule has 0 bridgehead atoms. The minimum Gasteiger partial charge on any atom is -0.459 e. The number of benzene rings is 1. The number of anilines is 1. The summed E-state index contributed by atoms with van der Waals surface area (Å²) in [5.41, 5.74) is 1.88. The summed E-state index contributed by atoms with van der Waals surface area (Å²) < 4.78 is 13.1. The van der Waals surface area contributed by atoms with Gasteiger partial charge in [0.1, 0.15) is 12.8 Å². The number of carbonyl (C=O) groups excluding carboxylic acids is 2. The molecule has 3 heterocycles. The molecule has 1 amide bonds. The summed E-state index contributed by atoms with van der Waals surface area (Å²) >= 11 is 6.32. The van der Waals surface area contributed by atoms with Crippen LogP contribution in [0.3, 0.4) is 0 Å². The number of amides is 1. The second kappa shape index (κ2) is 11.6. The van der Waals surface area contributed by atoms with Gasteiger partial charge in [-0.1, -0.05) is 30.3 Å². The maximum atomic E-state index is 13.1. The number of aliphatic hydroxyl groups excluding tert-OH is 1. The van der Waals surface area contributed by atoms with Crippen molar-refractivity contribution < 1.29 is 24.2 Å². The lowest BCUT2D eigenvalue weighted by Crippen LogP contribution is -2.51. The highest BCUT2D eigenvalue weighted by molar-refractivity contribution is 6.28. The lowest BCUT2D eigenvalue weighted by Gasteiger charge is -2.26. The van der Waals surface area contributed by atoms with Crippen molar-refractivity contribution in [2.24, 2.45) is 0 Å². The Balaban J connectivity index is 1.32. The second-order valence-corrected chi connectivity index (χ2v) is 10.0. The number of nitrogens with one attached hydrogen (secondary N) is 1. The number of aromatic nitrogens is 4. The van der Waals surface area contributed by atoms with Crippen molar-refractivity contribution >= 4 is 40.5 Å². The van der Waals surface area contributed by atoms with Gasteiger partial charge < -0.3 is 24.8 Å². The van der Waals surface area contributed by atoms with Gasteiger partial charge in [0.15, 0.2) is 23.0 Å². The molecular formula is C26H31ClN6O5. The van der Waals surface area contributed by atoms with Crippen LogP contribution < -0.4 is 10.2 Å². The van der Waals surface area contributed by atoms with Gasteiger partial charge in [-0.15, -0.1) is 0 Å². The molecule has 0 spiro atoms. The van der Waals surface area contributed by atoms with Gasteiger partial charge in [-0.2, -0.15) is 9.97 Å². The molecule has 1 aliphatic heterocycles. The number of nitrogens with zero attached hydrogens (tertiary/aromatic N) is 5. The molecule has 1 aromatic carbocycles. The maximum Gasteiger partial charge on any atom is 0.331 e. The Hall–Kier alpha value is -3.28. The molecule has 3 aromatic rings. The highest BCUT2D eigenvalue weighted by Gasteiger charge is 2.35. The van der Waals surface area contributed by atoms with Crippen molar-refractivity contribution in [3.63, 3.8) is 0 Å². The molecule has 202 valence electrons. The van der Waals surface area contributed by atoms with Gasteiger partial charge in [0.25, 0.3) is 0 Å². The Bertz CT molecular complexity index is 1280. The van der Waals surface area contributed by atoms with E-state index in [9.17, 15) is 14.7 Å². The third kappa shape index (κ3) is 6.06. The third-order valence-corrected chi connectivity index (χ3v) is 6.86. The van der Waals surface area contributed by atoms with E-state index < -0.39 is 24.0 Å². The lowest BCUT2D eigenvalue weighted by atomic mass is 10.2. The summed E-state index contributed by atoms with van der Waals surface area (Å²) in [6.45, 7) is 2.04. The molecule has 38 heavy (non-hydrogen) atoms. The Kier molecular flexibility index (Phi) is 8.06. The summed E-state index contributed by atoms with van der Waals surface area (Å²) in [6, 6.07) is 8.04. The lowest BCUT2D eigenvalue weighted by molar-refractivity contribution is -0.152. The number of hydrogen-bond acceptors (Lipinski definition) is 9. The van der Waals surface area contributed by atoms with Crippen molar-refractivity contribution in [1.29, 1.82) is 0 Å². The molecule has 2 fully saturated rings. The Labute approximate surface area is 225 Å². The van der Waals surface area contributed by atoms with Crippen LogP contribution in [0.4, 0.5) is 5.82 Å². The summed E-state index contributed by atoms with van der Waals surface area (Å²) in [7, 11) is 0. The number of ether oxygens (including phenoxy) is 2. The van der Waals surface area contributed by atoms with Crippen LogP contribution in [0.5, 0.6) is 0 Å². The van der Waals surface area contributed by atoms with Crippen molar-refractivity contribution in [3.8, 4) is 0 Å². The third-order valence-electron chi connectivity index (χ3n) is 6.69. The summed E-state index contributed by atoms with van der Waals surface area (Å²) in [4.78, 5) is 41.1. The smallest absolute Gasteiger partial charge is 0.331 e. The first-order valence-electron chi connectivity index (χ1n) is 12.9. The number of rotatable bonds is 10. The van der Waals surface area contributed by atoms with Crippen LogP contribution in [0.2, 0.25) is 5.28 Å². The number of imidazole rings is 1. The standard InChI is InChI=1S/C26H31ClN6O5/c1-16(34)21(25(36)38-14-17-7-3-2-4-8-17)29-19(35)13-32(18-10-11-18)23-22-24(31-26(27)30-23)33(15-28-22)20-9-5-6-12-37-20/h2-4,7-8,15-16,18,20-21,34H,5-6,9-14H2,1H3,(H,29,35)/t16-,20?,21+/m1/s1. The maximum absolute atomic E-state index is 13.1. The van der Waals surface area contributed by atoms with Crippen LogP contribution in [0.25, 0.3) is 11.2 Å². The number of carbonyl (C=O) groups is 2. The largest absolute Gasteiger partial charge is 0.459 e. The fourth-order valence-electron chi connectivity index (χ4n) is 4.56. The zero-order valence-corrected chi connectivity index (χ0v) is 21.9. The summed E-state index contributed by atoms with van der Waals surface area (Å²) in [5.74, 6) is -0.723. The first-order chi connectivity index (χ1) is 18.4. The van der Waals surface area contributed by atoms with E-state index in [4.69, 9.17) is 21.1 Å². The van der Waals surface area contributed by atoms with Crippen molar-refractivity contribution in [3.05, 3.63) is 47.5 Å². The van der Waals surface area contributed by atoms with E-state index in [0.717, 1.165) is 37.7 Å². The highest BCUT2D eigenvalue weighted by atomic mass is 35.5. The predicted octanol–water partition coefficient (Wildman–Crippen LogP) is 2.76. The molecule has 5 rings (SSSR count). The minimum absolute atomic E-state index is 0.0394. The zero-order chi connectivity index (χ0) is 26.6. The Morgan fingerprint density at radius 1 is 1.24 bits per heavy atom. The van der Waals surface area contributed by atoms with Gasteiger partial charge >= 0.3 is 5.97 Å². The molecular weight excluding hydrogens is 512 g/mol. The first-order valence-corrected chi connectivity index (χ1v) is 13.2. The van der Waals surface area contributed by atoms with E-state index in [0.29, 0.717) is 23.6 Å². The topological polar surface area (TPSA) is 132 Å². The van der Waals surface area contributed by atoms with Gasteiger partial charge in [0, 0.05) is 12.6 Å². The number of fused-ring (bicyclic) bond motifs is 1. The molecule has 1 saturated carbocycles. The van der Waals surface area contributed by atoms with E-state index in [-0.39, 0.29) is 30.7 Å². The molecule has 2 aromatic heterocycles. The van der Waals surface area contributed by atoms with Crippen molar-refractivity contribution in [1.82, 2.24) is 24.8 Å². The molecule has 12 heteroatoms. The van der Waals surface area contributed by atoms with Crippen LogP contribution in [-0.4, -0.2) is 67.8 Å². The monoisotopic (exact) mass is 542 g/mol. The molecule has 2 aliphatic rings. The fraction of sp³-hybridized carbons (Fsp3) is 0.500. The number of hydrogen-bond donors (Lipinski definition) is 2. The Morgan fingerprint density at radius 2 is 2.03 bits per heavy atom. The van der Waals surface area contributed by atoms with E-state index in [2.05, 4.69) is 20.3 Å². The molecule has 11 nitrogen and oxygen atoms in total. The normalized spacial score (nSPS) is 19.1. The number of esters is 1. The van der Waals surface area contributed by atoms with Gasteiger partial charge in [-0.25, -0.2) is 9.78 Å². The molecule has 1 unspecified atom stereocenters.